The summed E-state index contributed by atoms with van der Waals surface area (Å²) in [5, 5.41) is 6.26. The predicted octanol–water partition coefficient (Wildman–Crippen LogP) is 2.59. The van der Waals surface area contributed by atoms with E-state index in [1.165, 1.54) is 0 Å². The summed E-state index contributed by atoms with van der Waals surface area (Å²) in [6.07, 6.45) is 2.32. The molecule has 3 nitrogen and oxygen atoms in total. The van der Waals surface area contributed by atoms with E-state index in [0.29, 0.717) is 5.92 Å². The van der Waals surface area contributed by atoms with Gasteiger partial charge in [0, 0.05) is 4.47 Å². The van der Waals surface area contributed by atoms with Crippen LogP contribution < -0.4 is 10.6 Å². The van der Waals surface area contributed by atoms with Crippen molar-refractivity contribution in [1.29, 1.82) is 0 Å². The van der Waals surface area contributed by atoms with Crippen molar-refractivity contribution >= 4 is 33.2 Å². The van der Waals surface area contributed by atoms with Crippen LogP contribution >= 0.6 is 15.9 Å². The second-order valence-corrected chi connectivity index (χ2v) is 4.97. The van der Waals surface area contributed by atoms with E-state index >= 15 is 0 Å². The molecule has 1 aromatic carbocycles. The Balaban J connectivity index is 1.98. The third-order valence-corrected chi connectivity index (χ3v) is 3.61. The lowest BCUT2D eigenvalue weighted by atomic mass is 10.1. The van der Waals surface area contributed by atoms with Crippen LogP contribution in [-0.4, -0.2) is 11.9 Å². The Morgan fingerprint density at radius 3 is 2.87 bits per heavy atom. The highest BCUT2D eigenvalue weighted by Gasteiger charge is 2.39. The molecule has 1 heterocycles. The Morgan fingerprint density at radius 1 is 1.33 bits per heavy atom. The molecule has 2 N–H and O–H groups in total. The fourth-order valence-electron chi connectivity index (χ4n) is 1.97. The van der Waals surface area contributed by atoms with Crippen LogP contribution in [-0.2, 0) is 4.79 Å². The number of nitrogens with one attached hydrogen (secondary N) is 2. The van der Waals surface area contributed by atoms with E-state index in [-0.39, 0.29) is 11.9 Å². The largest absolute Gasteiger partial charge is 0.372 e. The smallest absolute Gasteiger partial charge is 0.247 e. The van der Waals surface area contributed by atoms with E-state index in [0.717, 1.165) is 28.7 Å². The Morgan fingerprint density at radius 2 is 2.13 bits per heavy atom. The fraction of sp³-hybridized carbons (Fsp3) is 0.364. The van der Waals surface area contributed by atoms with Gasteiger partial charge in [0.2, 0.25) is 5.91 Å². The standard InChI is InChI=1S/C11H11BrN2O/c12-7-2-1-3-8-10(7)14-11(15)9(13-8)6-4-5-6/h1-3,6,9,13H,4-5H2,(H,14,15). The number of benzene rings is 1. The van der Waals surface area contributed by atoms with Crippen molar-refractivity contribution in [2.24, 2.45) is 5.92 Å². The molecule has 1 aromatic rings. The van der Waals surface area contributed by atoms with Crippen LogP contribution in [0.2, 0.25) is 0 Å². The number of para-hydroxylation sites is 1. The Bertz CT molecular complexity index is 429. The monoisotopic (exact) mass is 266 g/mol. The zero-order valence-corrected chi connectivity index (χ0v) is 9.67. The van der Waals surface area contributed by atoms with Gasteiger partial charge in [0.05, 0.1) is 11.4 Å². The lowest BCUT2D eigenvalue weighted by Gasteiger charge is -2.27. The number of anilines is 2. The van der Waals surface area contributed by atoms with Gasteiger partial charge in [0.15, 0.2) is 0 Å². The molecule has 1 unspecified atom stereocenters. The first-order valence-electron chi connectivity index (χ1n) is 5.11. The van der Waals surface area contributed by atoms with E-state index in [2.05, 4.69) is 26.6 Å². The van der Waals surface area contributed by atoms with Gasteiger partial charge in [0.25, 0.3) is 0 Å². The summed E-state index contributed by atoms with van der Waals surface area (Å²) in [5.74, 6) is 0.619. The average molecular weight is 267 g/mol. The zero-order valence-electron chi connectivity index (χ0n) is 8.09. The van der Waals surface area contributed by atoms with Gasteiger partial charge in [-0.25, -0.2) is 0 Å². The highest BCUT2D eigenvalue weighted by Crippen LogP contribution is 2.40. The van der Waals surface area contributed by atoms with Crippen molar-refractivity contribution in [2.45, 2.75) is 18.9 Å². The second kappa shape index (κ2) is 3.23. The number of amides is 1. The van der Waals surface area contributed by atoms with Crippen molar-refractivity contribution in [2.75, 3.05) is 10.6 Å². The lowest BCUT2D eigenvalue weighted by Crippen LogP contribution is -2.40. The highest BCUT2D eigenvalue weighted by atomic mass is 79.9. The number of rotatable bonds is 1. The van der Waals surface area contributed by atoms with Crippen LogP contribution in [0.3, 0.4) is 0 Å². The predicted molar refractivity (Wildman–Crippen MR) is 62.9 cm³/mol. The van der Waals surface area contributed by atoms with E-state index in [4.69, 9.17) is 0 Å². The van der Waals surface area contributed by atoms with Gasteiger partial charge < -0.3 is 10.6 Å². The number of hydrogen-bond acceptors (Lipinski definition) is 2. The first-order chi connectivity index (χ1) is 7.25. The lowest BCUT2D eigenvalue weighted by molar-refractivity contribution is -0.117. The van der Waals surface area contributed by atoms with Gasteiger partial charge in [0.1, 0.15) is 6.04 Å². The molecule has 4 heteroatoms. The first-order valence-corrected chi connectivity index (χ1v) is 5.91. The van der Waals surface area contributed by atoms with Crippen molar-refractivity contribution in [3.05, 3.63) is 22.7 Å². The summed E-state index contributed by atoms with van der Waals surface area (Å²) < 4.78 is 0.926. The van der Waals surface area contributed by atoms with Gasteiger partial charge in [-0.1, -0.05) is 6.07 Å². The molecule has 3 rings (SSSR count). The van der Waals surface area contributed by atoms with Crippen LogP contribution in [0.15, 0.2) is 22.7 Å². The van der Waals surface area contributed by atoms with E-state index in [9.17, 15) is 4.79 Å². The molecule has 1 fully saturated rings. The summed E-state index contributed by atoms with van der Waals surface area (Å²) in [6, 6.07) is 5.86. The minimum absolute atomic E-state index is 0.0354. The molecular formula is C11H11BrN2O. The molecule has 15 heavy (non-hydrogen) atoms. The maximum absolute atomic E-state index is 11.8. The van der Waals surface area contributed by atoms with E-state index < -0.39 is 0 Å². The van der Waals surface area contributed by atoms with Crippen LogP contribution in [0.4, 0.5) is 11.4 Å². The molecule has 1 atom stereocenters. The number of carbonyl (C=O) groups excluding carboxylic acids is 1. The average Bonchev–Trinajstić information content (AvgIpc) is 3.02. The molecule has 1 saturated carbocycles. The molecule has 1 aliphatic heterocycles. The number of fused-ring (bicyclic) bond motifs is 1. The summed E-state index contributed by atoms with van der Waals surface area (Å²) >= 11 is 3.43. The molecule has 0 bridgehead atoms. The van der Waals surface area contributed by atoms with E-state index in [1.54, 1.807) is 0 Å². The van der Waals surface area contributed by atoms with Crippen molar-refractivity contribution in [1.82, 2.24) is 0 Å². The minimum Gasteiger partial charge on any atom is -0.372 e. The summed E-state index contributed by atoms with van der Waals surface area (Å²) in [4.78, 5) is 11.8. The van der Waals surface area contributed by atoms with Crippen molar-refractivity contribution in [3.8, 4) is 0 Å². The third kappa shape index (κ3) is 1.53. The molecule has 0 spiro atoms. The Kier molecular flexibility index (Phi) is 1.99. The molecule has 0 saturated heterocycles. The quantitative estimate of drug-likeness (QED) is 0.821. The maximum Gasteiger partial charge on any atom is 0.247 e. The van der Waals surface area contributed by atoms with Crippen LogP contribution in [0.1, 0.15) is 12.8 Å². The van der Waals surface area contributed by atoms with Crippen LogP contribution in [0.5, 0.6) is 0 Å². The number of carbonyl (C=O) groups is 1. The summed E-state index contributed by atoms with van der Waals surface area (Å²) in [6.45, 7) is 0. The Hall–Kier alpha value is -1.03. The molecule has 2 aliphatic rings. The summed E-state index contributed by atoms with van der Waals surface area (Å²) in [5.41, 5.74) is 1.88. The first kappa shape index (κ1) is 9.21. The molecule has 1 amide bonds. The molecule has 0 radical (unpaired) electrons. The Labute approximate surface area is 96.4 Å². The minimum atomic E-state index is -0.0354. The van der Waals surface area contributed by atoms with Gasteiger partial charge in [-0.3, -0.25) is 4.79 Å². The van der Waals surface area contributed by atoms with Gasteiger partial charge in [-0.15, -0.1) is 0 Å². The van der Waals surface area contributed by atoms with Crippen LogP contribution in [0, 0.1) is 5.92 Å². The molecule has 0 aromatic heterocycles. The summed E-state index contributed by atoms with van der Waals surface area (Å²) in [7, 11) is 0. The SMILES string of the molecule is O=C1Nc2c(Br)cccc2NC1C1CC1. The van der Waals surface area contributed by atoms with Crippen molar-refractivity contribution in [3.63, 3.8) is 0 Å². The van der Waals surface area contributed by atoms with Gasteiger partial charge >= 0.3 is 0 Å². The van der Waals surface area contributed by atoms with Crippen molar-refractivity contribution < 1.29 is 4.79 Å². The van der Waals surface area contributed by atoms with E-state index in [1.807, 2.05) is 18.2 Å². The third-order valence-electron chi connectivity index (χ3n) is 2.95. The fourth-order valence-corrected chi connectivity index (χ4v) is 2.43. The number of halogens is 1. The van der Waals surface area contributed by atoms with Crippen LogP contribution in [0.25, 0.3) is 0 Å². The zero-order chi connectivity index (χ0) is 10.4. The number of hydrogen-bond donors (Lipinski definition) is 2. The van der Waals surface area contributed by atoms with Gasteiger partial charge in [-0.05, 0) is 46.8 Å². The highest BCUT2D eigenvalue weighted by molar-refractivity contribution is 9.10. The normalized spacial score (nSPS) is 24.1. The maximum atomic E-state index is 11.8. The molecular weight excluding hydrogens is 256 g/mol. The topological polar surface area (TPSA) is 41.1 Å². The second-order valence-electron chi connectivity index (χ2n) is 4.11. The molecule has 78 valence electrons. The molecule has 1 aliphatic carbocycles. The van der Waals surface area contributed by atoms with Gasteiger partial charge in [-0.2, -0.15) is 0 Å².